The van der Waals surface area contributed by atoms with Gasteiger partial charge in [-0.25, -0.2) is 0 Å². The molecule has 3 N–H and O–H groups in total. The predicted octanol–water partition coefficient (Wildman–Crippen LogP) is -0.621. The number of aliphatic hydroxyl groups is 1. The minimum Gasteiger partial charge on any atom is -0.384 e. The van der Waals surface area contributed by atoms with Crippen LogP contribution in [0.3, 0.4) is 0 Å². The normalized spacial score (nSPS) is 20.5. The molecule has 72 valence electrons. The van der Waals surface area contributed by atoms with Crippen LogP contribution in [-0.4, -0.2) is 31.1 Å². The highest BCUT2D eigenvalue weighted by Gasteiger charge is 2.09. The van der Waals surface area contributed by atoms with Gasteiger partial charge in [0.1, 0.15) is 19.4 Å². The van der Waals surface area contributed by atoms with E-state index in [4.69, 9.17) is 9.84 Å². The summed E-state index contributed by atoms with van der Waals surface area (Å²) in [4.78, 5) is 0. The Kier molecular flexibility index (Phi) is 4.16. The second kappa shape index (κ2) is 5.46. The number of aliphatic hydroxyl groups excluding tert-OH is 1. The molecule has 1 unspecified atom stereocenters. The lowest BCUT2D eigenvalue weighted by molar-refractivity contribution is 0.0595. The van der Waals surface area contributed by atoms with E-state index >= 15 is 0 Å². The Morgan fingerprint density at radius 2 is 2.54 bits per heavy atom. The third kappa shape index (κ3) is 3.83. The van der Waals surface area contributed by atoms with Crippen LogP contribution < -0.4 is 10.6 Å². The van der Waals surface area contributed by atoms with Crippen LogP contribution in [0.15, 0.2) is 11.9 Å². The van der Waals surface area contributed by atoms with E-state index in [-0.39, 0.29) is 12.8 Å². The van der Waals surface area contributed by atoms with Crippen molar-refractivity contribution in [3.63, 3.8) is 0 Å². The van der Waals surface area contributed by atoms with E-state index in [1.54, 1.807) is 0 Å². The predicted molar refractivity (Wildman–Crippen MR) is 49.5 cm³/mol. The van der Waals surface area contributed by atoms with E-state index in [2.05, 4.69) is 22.5 Å². The Morgan fingerprint density at radius 3 is 3.15 bits per heavy atom. The van der Waals surface area contributed by atoms with Gasteiger partial charge in [0.25, 0.3) is 0 Å². The van der Waals surface area contributed by atoms with Crippen LogP contribution in [0.5, 0.6) is 0 Å². The van der Waals surface area contributed by atoms with E-state index in [1.165, 1.54) is 0 Å². The molecule has 0 aromatic rings. The van der Waals surface area contributed by atoms with Crippen molar-refractivity contribution in [3.05, 3.63) is 11.9 Å². The molecule has 0 aliphatic carbocycles. The minimum atomic E-state index is -0.112. The molecule has 13 heavy (non-hydrogen) atoms. The van der Waals surface area contributed by atoms with Gasteiger partial charge in [-0.1, -0.05) is 11.8 Å². The smallest absolute Gasteiger partial charge is 0.146 e. The maximum Gasteiger partial charge on any atom is 0.146 e. The molecule has 0 saturated carbocycles. The van der Waals surface area contributed by atoms with Crippen molar-refractivity contribution in [2.45, 2.75) is 13.2 Å². The Balaban J connectivity index is 2.17. The summed E-state index contributed by atoms with van der Waals surface area (Å²) >= 11 is 0. The molecule has 0 aromatic heterocycles. The van der Waals surface area contributed by atoms with Gasteiger partial charge < -0.3 is 20.5 Å². The molecule has 1 rings (SSSR count). The molecule has 0 bridgehead atoms. The van der Waals surface area contributed by atoms with E-state index in [0.717, 1.165) is 12.2 Å². The zero-order chi connectivity index (χ0) is 9.52. The fourth-order valence-electron chi connectivity index (χ4n) is 0.938. The summed E-state index contributed by atoms with van der Waals surface area (Å²) in [6.45, 7) is 2.95. The van der Waals surface area contributed by atoms with E-state index in [0.29, 0.717) is 6.61 Å². The lowest BCUT2D eigenvalue weighted by Crippen LogP contribution is -2.42. The third-order valence-electron chi connectivity index (χ3n) is 1.61. The maximum absolute atomic E-state index is 8.37. The zero-order valence-electron chi connectivity index (χ0n) is 7.63. The molecule has 0 aromatic carbocycles. The molecule has 1 aliphatic rings. The number of rotatable bonds is 2. The third-order valence-corrected chi connectivity index (χ3v) is 1.61. The molecule has 4 heteroatoms. The van der Waals surface area contributed by atoms with Crippen molar-refractivity contribution >= 4 is 0 Å². The number of allylic oxidation sites excluding steroid dienone is 1. The monoisotopic (exact) mass is 182 g/mol. The SMILES string of the molecule is CC1=CNC(OCC#CCO)CN1. The van der Waals surface area contributed by atoms with Gasteiger partial charge >= 0.3 is 0 Å². The topological polar surface area (TPSA) is 53.5 Å². The number of ether oxygens (including phenoxy) is 1. The van der Waals surface area contributed by atoms with Gasteiger partial charge in [0.15, 0.2) is 0 Å². The molecule has 0 spiro atoms. The van der Waals surface area contributed by atoms with Crippen LogP contribution >= 0.6 is 0 Å². The van der Waals surface area contributed by atoms with Crippen molar-refractivity contribution in [3.8, 4) is 11.8 Å². The first-order chi connectivity index (χ1) is 6.33. The quantitative estimate of drug-likeness (QED) is 0.498. The van der Waals surface area contributed by atoms with Gasteiger partial charge in [-0.3, -0.25) is 0 Å². The van der Waals surface area contributed by atoms with Gasteiger partial charge in [0.2, 0.25) is 0 Å². The molecule has 4 nitrogen and oxygen atoms in total. The minimum absolute atomic E-state index is 0.0308. The average molecular weight is 182 g/mol. The van der Waals surface area contributed by atoms with Crippen LogP contribution in [0.2, 0.25) is 0 Å². The van der Waals surface area contributed by atoms with Gasteiger partial charge in [-0.2, -0.15) is 0 Å². The Morgan fingerprint density at radius 1 is 1.69 bits per heavy atom. The van der Waals surface area contributed by atoms with Crippen molar-refractivity contribution in [1.82, 2.24) is 10.6 Å². The van der Waals surface area contributed by atoms with Crippen LogP contribution in [-0.2, 0) is 4.74 Å². The van der Waals surface area contributed by atoms with E-state index in [1.807, 2.05) is 13.1 Å². The van der Waals surface area contributed by atoms with Gasteiger partial charge in [-0.15, -0.1) is 0 Å². The molecular formula is C9H14N2O2. The second-order valence-corrected chi connectivity index (χ2v) is 2.69. The van der Waals surface area contributed by atoms with Gasteiger partial charge in [0, 0.05) is 11.9 Å². The van der Waals surface area contributed by atoms with Crippen LogP contribution in [0.1, 0.15) is 6.92 Å². The van der Waals surface area contributed by atoms with Crippen LogP contribution in [0.25, 0.3) is 0 Å². The highest BCUT2D eigenvalue weighted by molar-refractivity contribution is 5.01. The number of hydrogen-bond donors (Lipinski definition) is 3. The standard InChI is InChI=1S/C9H14N2O2/c1-8-6-11-9(7-10-8)13-5-3-2-4-12/h6,9-12H,4-5,7H2,1H3. The fraction of sp³-hybridized carbons (Fsp3) is 0.556. The summed E-state index contributed by atoms with van der Waals surface area (Å²) in [6, 6.07) is 0. The molecule has 0 saturated heterocycles. The first kappa shape index (κ1) is 9.90. The summed E-state index contributed by atoms with van der Waals surface area (Å²) in [5.41, 5.74) is 1.10. The molecule has 1 atom stereocenters. The Labute approximate surface area is 78.0 Å². The first-order valence-corrected chi connectivity index (χ1v) is 4.18. The average Bonchev–Trinajstić information content (AvgIpc) is 2.15. The lowest BCUT2D eigenvalue weighted by atomic mass is 10.4. The number of nitrogens with one attached hydrogen (secondary N) is 2. The van der Waals surface area contributed by atoms with Crippen LogP contribution in [0, 0.1) is 11.8 Å². The number of hydrogen-bond acceptors (Lipinski definition) is 4. The summed E-state index contributed by atoms with van der Waals surface area (Å²) in [5, 5.41) is 14.6. The molecule has 1 aliphatic heterocycles. The molecule has 1 heterocycles. The van der Waals surface area contributed by atoms with E-state index < -0.39 is 0 Å². The van der Waals surface area contributed by atoms with Gasteiger partial charge in [0.05, 0.1) is 6.54 Å². The summed E-state index contributed by atoms with van der Waals surface area (Å²) in [5.74, 6) is 5.20. The molecule has 0 radical (unpaired) electrons. The summed E-state index contributed by atoms with van der Waals surface area (Å²) in [7, 11) is 0. The molecule has 0 amide bonds. The van der Waals surface area contributed by atoms with Crippen LogP contribution in [0.4, 0.5) is 0 Å². The summed E-state index contributed by atoms with van der Waals surface area (Å²) < 4.78 is 5.33. The van der Waals surface area contributed by atoms with E-state index in [9.17, 15) is 0 Å². The summed E-state index contributed by atoms with van der Waals surface area (Å²) in [6.07, 6.45) is 1.84. The Bertz CT molecular complexity index is 240. The molecule has 0 fully saturated rings. The largest absolute Gasteiger partial charge is 0.384 e. The van der Waals surface area contributed by atoms with Gasteiger partial charge in [-0.05, 0) is 6.92 Å². The zero-order valence-corrected chi connectivity index (χ0v) is 7.63. The van der Waals surface area contributed by atoms with Crippen molar-refractivity contribution in [2.24, 2.45) is 0 Å². The van der Waals surface area contributed by atoms with Crippen molar-refractivity contribution in [1.29, 1.82) is 0 Å². The first-order valence-electron chi connectivity index (χ1n) is 4.18. The highest BCUT2D eigenvalue weighted by atomic mass is 16.5. The lowest BCUT2D eigenvalue weighted by Gasteiger charge is -2.23. The fourth-order valence-corrected chi connectivity index (χ4v) is 0.938. The van der Waals surface area contributed by atoms with Crippen molar-refractivity contribution < 1.29 is 9.84 Å². The molecular weight excluding hydrogens is 168 g/mol. The second-order valence-electron chi connectivity index (χ2n) is 2.69. The Hall–Kier alpha value is -1.18. The van der Waals surface area contributed by atoms with Crippen molar-refractivity contribution in [2.75, 3.05) is 19.8 Å². The highest BCUT2D eigenvalue weighted by Crippen LogP contribution is 1.95. The maximum atomic E-state index is 8.37.